The zero-order valence-corrected chi connectivity index (χ0v) is 15.2. The van der Waals surface area contributed by atoms with Crippen LogP contribution in [0.25, 0.3) is 0 Å². The van der Waals surface area contributed by atoms with Crippen LogP contribution in [0.5, 0.6) is 11.6 Å². The molecule has 0 radical (unpaired) electrons. The first-order chi connectivity index (χ1) is 13.3. The first kappa shape index (κ1) is 19.9. The Balaban J connectivity index is 1.83. The lowest BCUT2D eigenvalue weighted by Crippen LogP contribution is -2.38. The minimum absolute atomic E-state index is 0.187. The van der Waals surface area contributed by atoms with Gasteiger partial charge in [0.2, 0.25) is 5.88 Å². The van der Waals surface area contributed by atoms with Gasteiger partial charge in [-0.25, -0.2) is 4.98 Å². The largest absolute Gasteiger partial charge is 0.437 e. The van der Waals surface area contributed by atoms with Crippen LogP contribution in [0.4, 0.5) is 18.9 Å². The van der Waals surface area contributed by atoms with E-state index in [9.17, 15) is 18.0 Å². The van der Waals surface area contributed by atoms with Crippen LogP contribution in [-0.2, 0) is 6.18 Å². The number of hydrogen-bond acceptors (Lipinski definition) is 5. The van der Waals surface area contributed by atoms with Gasteiger partial charge in [0.1, 0.15) is 11.4 Å². The average Bonchev–Trinajstić information content (AvgIpc) is 2.61. The molecule has 1 aliphatic rings. The summed E-state index contributed by atoms with van der Waals surface area (Å²) in [4.78, 5) is 18.4. The molecule has 6 nitrogen and oxygen atoms in total. The highest BCUT2D eigenvalue weighted by atomic mass is 19.4. The molecule has 0 saturated carbocycles. The summed E-state index contributed by atoms with van der Waals surface area (Å²) in [5.74, 6) is 0.0523. The van der Waals surface area contributed by atoms with Gasteiger partial charge in [0.15, 0.2) is 0 Å². The van der Waals surface area contributed by atoms with Crippen molar-refractivity contribution in [3.05, 3.63) is 47.7 Å². The van der Waals surface area contributed by atoms with Crippen molar-refractivity contribution in [3.8, 4) is 11.6 Å². The van der Waals surface area contributed by atoms with Crippen molar-refractivity contribution >= 4 is 11.6 Å². The minimum atomic E-state index is -4.42. The number of aromatic nitrogens is 1. The molecule has 1 amide bonds. The number of amides is 1. The third-order valence-corrected chi connectivity index (χ3v) is 4.34. The second-order valence-corrected chi connectivity index (χ2v) is 6.57. The topological polar surface area (TPSA) is 74.7 Å². The Hall–Kier alpha value is -2.81. The van der Waals surface area contributed by atoms with Crippen molar-refractivity contribution in [2.75, 3.05) is 24.6 Å². The predicted molar refractivity (Wildman–Crippen MR) is 96.6 cm³/mol. The van der Waals surface area contributed by atoms with Gasteiger partial charge in [0.25, 0.3) is 5.91 Å². The summed E-state index contributed by atoms with van der Waals surface area (Å²) in [6.07, 6.45) is -2.10. The summed E-state index contributed by atoms with van der Waals surface area (Å²) in [5.41, 5.74) is 0.137. The molecule has 1 aromatic carbocycles. The fourth-order valence-corrected chi connectivity index (χ4v) is 2.60. The Morgan fingerprint density at radius 1 is 1.32 bits per heavy atom. The molecule has 9 heteroatoms. The second kappa shape index (κ2) is 8.05. The molecule has 3 rings (SSSR count). The minimum Gasteiger partial charge on any atom is -0.437 e. The molecule has 0 bridgehead atoms. The van der Waals surface area contributed by atoms with E-state index in [0.29, 0.717) is 11.3 Å². The summed E-state index contributed by atoms with van der Waals surface area (Å²) in [6, 6.07) is 5.57. The number of pyridine rings is 1. The molecule has 28 heavy (non-hydrogen) atoms. The van der Waals surface area contributed by atoms with Gasteiger partial charge in [0.05, 0.1) is 17.7 Å². The SMILES string of the molecule is C[C@H](CO)NC(=O)c1cnc(Oc2ccc(C(F)(F)F)cc2)c(N2CCC2)c1. The van der Waals surface area contributed by atoms with Gasteiger partial charge in [-0.05, 0) is 43.7 Å². The van der Waals surface area contributed by atoms with Crippen LogP contribution in [0.15, 0.2) is 36.5 Å². The van der Waals surface area contributed by atoms with Crippen molar-refractivity contribution in [2.24, 2.45) is 0 Å². The van der Waals surface area contributed by atoms with Gasteiger partial charge >= 0.3 is 6.18 Å². The van der Waals surface area contributed by atoms with E-state index in [1.54, 1.807) is 13.0 Å². The maximum Gasteiger partial charge on any atom is 0.416 e. The number of ether oxygens (including phenoxy) is 1. The molecule has 0 spiro atoms. The molecule has 1 saturated heterocycles. The summed E-state index contributed by atoms with van der Waals surface area (Å²) in [7, 11) is 0. The number of halogens is 3. The first-order valence-electron chi connectivity index (χ1n) is 8.80. The zero-order valence-electron chi connectivity index (χ0n) is 15.2. The third kappa shape index (κ3) is 4.53. The van der Waals surface area contributed by atoms with E-state index in [2.05, 4.69) is 10.3 Å². The fourth-order valence-electron chi connectivity index (χ4n) is 2.60. The molecule has 1 aromatic heterocycles. The van der Waals surface area contributed by atoms with E-state index in [4.69, 9.17) is 9.84 Å². The van der Waals surface area contributed by atoms with Crippen LogP contribution in [0.3, 0.4) is 0 Å². The highest BCUT2D eigenvalue weighted by Gasteiger charge is 2.30. The lowest BCUT2D eigenvalue weighted by atomic mass is 10.1. The Kier molecular flexibility index (Phi) is 5.73. The van der Waals surface area contributed by atoms with Crippen LogP contribution < -0.4 is 15.0 Å². The van der Waals surface area contributed by atoms with Crippen molar-refractivity contribution in [1.29, 1.82) is 0 Å². The van der Waals surface area contributed by atoms with Crippen molar-refractivity contribution in [2.45, 2.75) is 25.6 Å². The number of carbonyl (C=O) groups is 1. The number of hydrogen-bond donors (Lipinski definition) is 2. The Morgan fingerprint density at radius 2 is 2.00 bits per heavy atom. The summed E-state index contributed by atoms with van der Waals surface area (Å²) in [6.45, 7) is 3.02. The zero-order chi connectivity index (χ0) is 20.3. The Morgan fingerprint density at radius 3 is 2.54 bits per heavy atom. The molecule has 1 atom stereocenters. The second-order valence-electron chi connectivity index (χ2n) is 6.57. The number of aliphatic hydroxyl groups excluding tert-OH is 1. The maximum atomic E-state index is 12.7. The molecule has 0 aliphatic carbocycles. The predicted octanol–water partition coefficient (Wildman–Crippen LogP) is 3.21. The van der Waals surface area contributed by atoms with E-state index in [-0.39, 0.29) is 24.1 Å². The molecule has 2 aromatic rings. The lowest BCUT2D eigenvalue weighted by Gasteiger charge is -2.34. The number of nitrogens with zero attached hydrogens (tertiary/aromatic N) is 2. The molecule has 2 heterocycles. The normalized spacial score (nSPS) is 15.0. The number of anilines is 1. The number of benzene rings is 1. The van der Waals surface area contributed by atoms with Crippen LogP contribution in [0, 0.1) is 0 Å². The molecule has 0 unspecified atom stereocenters. The third-order valence-electron chi connectivity index (χ3n) is 4.34. The molecular formula is C19H20F3N3O3. The summed E-state index contributed by atoms with van der Waals surface area (Å²) >= 11 is 0. The molecule has 2 N–H and O–H groups in total. The number of alkyl halides is 3. The summed E-state index contributed by atoms with van der Waals surface area (Å²) < 4.78 is 43.8. The maximum absolute atomic E-state index is 12.7. The van der Waals surface area contributed by atoms with Gasteiger partial charge in [-0.3, -0.25) is 4.79 Å². The molecule has 1 fully saturated rings. The standard InChI is InChI=1S/C19H20F3N3O3/c1-12(11-26)24-17(27)13-9-16(25-7-2-8-25)18(23-10-13)28-15-5-3-14(4-6-15)19(20,21)22/h3-6,9-10,12,26H,2,7-8,11H2,1H3,(H,24,27)/t12-/m1/s1. The van der Waals surface area contributed by atoms with Crippen LogP contribution in [0.2, 0.25) is 0 Å². The van der Waals surface area contributed by atoms with E-state index >= 15 is 0 Å². The van der Waals surface area contributed by atoms with Crippen LogP contribution in [0.1, 0.15) is 29.3 Å². The van der Waals surface area contributed by atoms with Crippen molar-refractivity contribution in [1.82, 2.24) is 10.3 Å². The van der Waals surface area contributed by atoms with Crippen molar-refractivity contribution in [3.63, 3.8) is 0 Å². The smallest absolute Gasteiger partial charge is 0.416 e. The van der Waals surface area contributed by atoms with Gasteiger partial charge in [0, 0.05) is 25.3 Å². The Bertz CT molecular complexity index is 837. The highest BCUT2D eigenvalue weighted by molar-refractivity contribution is 5.95. The average molecular weight is 395 g/mol. The number of rotatable bonds is 6. The van der Waals surface area contributed by atoms with Gasteiger partial charge in [-0.15, -0.1) is 0 Å². The van der Waals surface area contributed by atoms with E-state index < -0.39 is 17.8 Å². The molecular weight excluding hydrogens is 375 g/mol. The monoisotopic (exact) mass is 395 g/mol. The van der Waals surface area contributed by atoms with Crippen molar-refractivity contribution < 1.29 is 27.8 Å². The highest BCUT2D eigenvalue weighted by Crippen LogP contribution is 2.35. The van der Waals surface area contributed by atoms with Gasteiger partial charge < -0.3 is 20.1 Å². The number of carbonyl (C=O) groups excluding carboxylic acids is 1. The lowest BCUT2D eigenvalue weighted by molar-refractivity contribution is -0.137. The molecule has 150 valence electrons. The molecule has 1 aliphatic heterocycles. The van der Waals surface area contributed by atoms with E-state index in [1.165, 1.54) is 18.3 Å². The first-order valence-corrected chi connectivity index (χ1v) is 8.80. The number of nitrogens with one attached hydrogen (secondary N) is 1. The van der Waals surface area contributed by atoms with Gasteiger partial charge in [-0.1, -0.05) is 0 Å². The quantitative estimate of drug-likeness (QED) is 0.786. The van der Waals surface area contributed by atoms with Gasteiger partial charge in [-0.2, -0.15) is 13.2 Å². The number of aliphatic hydroxyl groups is 1. The van der Waals surface area contributed by atoms with E-state index in [1.807, 2.05) is 4.90 Å². The fraction of sp³-hybridized carbons (Fsp3) is 0.368. The Labute approximate surface area is 159 Å². The van der Waals surface area contributed by atoms with E-state index in [0.717, 1.165) is 31.6 Å². The summed E-state index contributed by atoms with van der Waals surface area (Å²) in [5, 5.41) is 11.7. The van der Waals surface area contributed by atoms with Crippen LogP contribution >= 0.6 is 0 Å². The van der Waals surface area contributed by atoms with Crippen LogP contribution in [-0.4, -0.2) is 41.7 Å².